The molecule has 0 unspecified atom stereocenters. The zero-order chi connectivity index (χ0) is 9.68. The second-order valence-corrected chi connectivity index (χ2v) is 4.18. The summed E-state index contributed by atoms with van der Waals surface area (Å²) in [6, 6.07) is 1.91. The summed E-state index contributed by atoms with van der Waals surface area (Å²) in [6.07, 6.45) is 2.48. The summed E-state index contributed by atoms with van der Waals surface area (Å²) < 4.78 is 0. The first kappa shape index (κ1) is 10.4. The Morgan fingerprint density at radius 3 is 2.85 bits per heavy atom. The smallest absolute Gasteiger partial charge is 0.163 e. The fraction of sp³-hybridized carbons (Fsp3) is 0.500. The van der Waals surface area contributed by atoms with Crippen molar-refractivity contribution >= 4 is 17.1 Å². The Kier molecular flexibility index (Phi) is 4.12. The van der Waals surface area contributed by atoms with Crippen molar-refractivity contribution < 1.29 is 4.79 Å². The lowest BCUT2D eigenvalue weighted by Crippen LogP contribution is -2.02. The molecule has 0 aliphatic carbocycles. The first-order valence-corrected chi connectivity index (χ1v) is 5.41. The number of Topliss-reactive ketones (excluding diaryl/α,β-unsaturated/α-hetero) is 1. The molecule has 13 heavy (non-hydrogen) atoms. The first-order chi connectivity index (χ1) is 6.25. The Morgan fingerprint density at radius 1 is 1.54 bits per heavy atom. The quantitative estimate of drug-likeness (QED) is 0.581. The van der Waals surface area contributed by atoms with Gasteiger partial charge in [-0.1, -0.05) is 0 Å². The van der Waals surface area contributed by atoms with E-state index in [0.29, 0.717) is 13.0 Å². The lowest BCUT2D eigenvalue weighted by Gasteiger charge is -1.98. The van der Waals surface area contributed by atoms with Gasteiger partial charge >= 0.3 is 0 Å². The zero-order valence-corrected chi connectivity index (χ0v) is 8.69. The summed E-state index contributed by atoms with van der Waals surface area (Å²) in [7, 11) is 0. The van der Waals surface area contributed by atoms with Gasteiger partial charge < -0.3 is 5.73 Å². The van der Waals surface area contributed by atoms with Gasteiger partial charge in [0.25, 0.3) is 0 Å². The van der Waals surface area contributed by atoms with Gasteiger partial charge in [0.2, 0.25) is 0 Å². The highest BCUT2D eigenvalue weighted by Gasteiger charge is 2.08. The van der Waals surface area contributed by atoms with E-state index in [2.05, 4.69) is 0 Å². The van der Waals surface area contributed by atoms with Gasteiger partial charge in [-0.15, -0.1) is 11.3 Å². The Hall–Kier alpha value is -0.670. The van der Waals surface area contributed by atoms with Crippen molar-refractivity contribution in [2.75, 3.05) is 6.54 Å². The van der Waals surface area contributed by atoms with E-state index in [4.69, 9.17) is 5.73 Å². The molecule has 1 aromatic rings. The normalized spacial score (nSPS) is 10.3. The van der Waals surface area contributed by atoms with Crippen molar-refractivity contribution in [2.24, 2.45) is 5.73 Å². The standard InChI is InChI=1S/C10H15NOS/c1-8-9(5-7-13-8)10(12)4-2-3-6-11/h5,7H,2-4,6,11H2,1H3. The summed E-state index contributed by atoms with van der Waals surface area (Å²) in [4.78, 5) is 12.7. The molecular formula is C10H15NOS. The molecule has 0 fully saturated rings. The molecule has 0 saturated heterocycles. The lowest BCUT2D eigenvalue weighted by molar-refractivity contribution is 0.0979. The minimum absolute atomic E-state index is 0.257. The van der Waals surface area contributed by atoms with Crippen LogP contribution in [0.3, 0.4) is 0 Å². The Morgan fingerprint density at radius 2 is 2.31 bits per heavy atom. The van der Waals surface area contributed by atoms with Gasteiger partial charge in [-0.3, -0.25) is 4.79 Å². The summed E-state index contributed by atoms with van der Waals surface area (Å²) in [5.74, 6) is 0.257. The summed E-state index contributed by atoms with van der Waals surface area (Å²) in [5.41, 5.74) is 6.24. The van der Waals surface area contributed by atoms with Crippen molar-refractivity contribution in [1.29, 1.82) is 0 Å². The summed E-state index contributed by atoms with van der Waals surface area (Å²) in [6.45, 7) is 2.66. The van der Waals surface area contributed by atoms with Crippen LogP contribution in [0.4, 0.5) is 0 Å². The number of carbonyl (C=O) groups is 1. The molecule has 1 aromatic heterocycles. The predicted molar refractivity (Wildman–Crippen MR) is 56.3 cm³/mol. The van der Waals surface area contributed by atoms with Crippen molar-refractivity contribution in [2.45, 2.75) is 26.2 Å². The zero-order valence-electron chi connectivity index (χ0n) is 7.88. The van der Waals surface area contributed by atoms with E-state index >= 15 is 0 Å². The Bertz CT molecular complexity index is 280. The average Bonchev–Trinajstić information content (AvgIpc) is 2.52. The maximum atomic E-state index is 11.6. The molecule has 2 N–H and O–H groups in total. The number of carbonyl (C=O) groups excluding carboxylic acids is 1. The van der Waals surface area contributed by atoms with Gasteiger partial charge in [-0.05, 0) is 37.8 Å². The fourth-order valence-electron chi connectivity index (χ4n) is 1.24. The highest BCUT2D eigenvalue weighted by atomic mass is 32.1. The molecule has 0 aliphatic rings. The van der Waals surface area contributed by atoms with Gasteiger partial charge in [0.05, 0.1) is 0 Å². The number of hydrogen-bond acceptors (Lipinski definition) is 3. The largest absolute Gasteiger partial charge is 0.330 e. The third kappa shape index (κ3) is 2.94. The highest BCUT2D eigenvalue weighted by Crippen LogP contribution is 2.17. The summed E-state index contributed by atoms with van der Waals surface area (Å²) in [5, 5.41) is 1.96. The van der Waals surface area contributed by atoms with E-state index in [-0.39, 0.29) is 5.78 Å². The SMILES string of the molecule is Cc1sccc1C(=O)CCCCN. The van der Waals surface area contributed by atoms with E-state index in [9.17, 15) is 4.79 Å². The maximum Gasteiger partial charge on any atom is 0.163 e. The lowest BCUT2D eigenvalue weighted by atomic mass is 10.1. The maximum absolute atomic E-state index is 11.6. The third-order valence-corrected chi connectivity index (χ3v) is 2.86. The minimum atomic E-state index is 0.257. The van der Waals surface area contributed by atoms with Gasteiger partial charge in [0, 0.05) is 16.9 Å². The van der Waals surface area contributed by atoms with Crippen LogP contribution in [-0.4, -0.2) is 12.3 Å². The highest BCUT2D eigenvalue weighted by molar-refractivity contribution is 7.10. The molecule has 0 aliphatic heterocycles. The minimum Gasteiger partial charge on any atom is -0.330 e. The van der Waals surface area contributed by atoms with Crippen LogP contribution in [0.15, 0.2) is 11.4 Å². The van der Waals surface area contributed by atoms with Crippen LogP contribution in [0.25, 0.3) is 0 Å². The first-order valence-electron chi connectivity index (χ1n) is 4.53. The van der Waals surface area contributed by atoms with Crippen molar-refractivity contribution in [3.05, 3.63) is 21.9 Å². The summed E-state index contributed by atoms with van der Waals surface area (Å²) >= 11 is 1.63. The van der Waals surface area contributed by atoms with Crippen LogP contribution >= 0.6 is 11.3 Å². The van der Waals surface area contributed by atoms with E-state index in [0.717, 1.165) is 23.3 Å². The number of nitrogens with two attached hydrogens (primary N) is 1. The molecule has 0 radical (unpaired) electrons. The van der Waals surface area contributed by atoms with Crippen LogP contribution in [0.1, 0.15) is 34.5 Å². The van der Waals surface area contributed by atoms with Crippen LogP contribution in [0.2, 0.25) is 0 Å². The molecule has 0 spiro atoms. The van der Waals surface area contributed by atoms with E-state index in [1.54, 1.807) is 11.3 Å². The van der Waals surface area contributed by atoms with Crippen molar-refractivity contribution in [3.63, 3.8) is 0 Å². The number of thiophene rings is 1. The van der Waals surface area contributed by atoms with E-state index in [1.165, 1.54) is 0 Å². The van der Waals surface area contributed by atoms with Crippen molar-refractivity contribution in [1.82, 2.24) is 0 Å². The number of hydrogen-bond donors (Lipinski definition) is 1. The third-order valence-electron chi connectivity index (χ3n) is 2.02. The Labute approximate surface area is 82.8 Å². The monoisotopic (exact) mass is 197 g/mol. The predicted octanol–water partition coefficient (Wildman–Crippen LogP) is 2.37. The second-order valence-electron chi connectivity index (χ2n) is 3.06. The number of unbranched alkanes of at least 4 members (excludes halogenated alkanes) is 1. The average molecular weight is 197 g/mol. The van der Waals surface area contributed by atoms with Crippen LogP contribution in [-0.2, 0) is 0 Å². The topological polar surface area (TPSA) is 43.1 Å². The molecule has 0 atom stereocenters. The van der Waals surface area contributed by atoms with Crippen LogP contribution in [0.5, 0.6) is 0 Å². The molecular weight excluding hydrogens is 182 g/mol. The van der Waals surface area contributed by atoms with Gasteiger partial charge in [-0.25, -0.2) is 0 Å². The van der Waals surface area contributed by atoms with E-state index < -0.39 is 0 Å². The molecule has 72 valence electrons. The molecule has 0 amide bonds. The molecule has 1 heterocycles. The number of aryl methyl sites for hydroxylation is 1. The van der Waals surface area contributed by atoms with Crippen LogP contribution < -0.4 is 5.73 Å². The van der Waals surface area contributed by atoms with Crippen LogP contribution in [0, 0.1) is 6.92 Å². The molecule has 0 bridgehead atoms. The Balaban J connectivity index is 2.45. The number of rotatable bonds is 5. The molecule has 0 aromatic carbocycles. The molecule has 3 heteroatoms. The second kappa shape index (κ2) is 5.14. The van der Waals surface area contributed by atoms with E-state index in [1.807, 2.05) is 18.4 Å². The number of ketones is 1. The fourth-order valence-corrected chi connectivity index (χ4v) is 1.96. The molecule has 1 rings (SSSR count). The van der Waals surface area contributed by atoms with Crippen molar-refractivity contribution in [3.8, 4) is 0 Å². The van der Waals surface area contributed by atoms with Gasteiger partial charge in [0.15, 0.2) is 5.78 Å². The van der Waals surface area contributed by atoms with Gasteiger partial charge in [-0.2, -0.15) is 0 Å². The van der Waals surface area contributed by atoms with Gasteiger partial charge in [0.1, 0.15) is 0 Å². The molecule has 2 nitrogen and oxygen atoms in total. The molecule has 0 saturated carbocycles.